The first-order valence-corrected chi connectivity index (χ1v) is 11.6. The van der Waals surface area contributed by atoms with Crippen LogP contribution in [-0.4, -0.2) is 45.7 Å². The molecule has 156 valence electrons. The van der Waals surface area contributed by atoms with E-state index in [9.17, 15) is 8.42 Å². The molecule has 1 aliphatic heterocycles. The Balaban J connectivity index is 1.41. The summed E-state index contributed by atoms with van der Waals surface area (Å²) in [4.78, 5) is 14.5. The van der Waals surface area contributed by atoms with Crippen LogP contribution in [0, 0.1) is 0 Å². The van der Waals surface area contributed by atoms with Crippen LogP contribution in [0.15, 0.2) is 52.0 Å². The number of hydrogen-bond acceptors (Lipinski definition) is 11. The number of nitrogens with zero attached hydrogens (tertiary/aromatic N) is 6. The van der Waals surface area contributed by atoms with Crippen molar-refractivity contribution in [3.05, 3.63) is 48.3 Å². The number of anilines is 1. The summed E-state index contributed by atoms with van der Waals surface area (Å²) in [5, 5.41) is 4.32. The van der Waals surface area contributed by atoms with Crippen LogP contribution < -0.4 is 9.64 Å². The maximum atomic E-state index is 11.5. The third kappa shape index (κ3) is 4.39. The van der Waals surface area contributed by atoms with Crippen molar-refractivity contribution in [3.63, 3.8) is 0 Å². The van der Waals surface area contributed by atoms with E-state index in [0.29, 0.717) is 40.7 Å². The standard InChI is InChI=1S/C18H18N6O4S2/c1-11(2)15-20-17(28-22-15)24-8-6-13(7-9-24)27-18-21-16(23-29-18)12-4-5-14(19-10-12)30(3,25)26/h4-8,10-11H,9H2,1-3H3. The van der Waals surface area contributed by atoms with Crippen molar-refractivity contribution in [1.82, 2.24) is 24.5 Å². The summed E-state index contributed by atoms with van der Waals surface area (Å²) in [6, 6.07) is 3.46. The highest BCUT2D eigenvalue weighted by Gasteiger charge is 2.17. The van der Waals surface area contributed by atoms with Gasteiger partial charge in [0.25, 0.3) is 5.19 Å². The van der Waals surface area contributed by atoms with Gasteiger partial charge in [0.15, 0.2) is 26.5 Å². The van der Waals surface area contributed by atoms with Crippen molar-refractivity contribution >= 4 is 27.4 Å². The molecule has 1 aliphatic rings. The van der Waals surface area contributed by atoms with Crippen molar-refractivity contribution in [2.75, 3.05) is 17.7 Å². The van der Waals surface area contributed by atoms with Crippen LogP contribution in [0.4, 0.5) is 6.01 Å². The topological polar surface area (TPSA) is 124 Å². The number of allylic oxidation sites excluding steroid dienone is 1. The van der Waals surface area contributed by atoms with Gasteiger partial charge in [0.1, 0.15) is 5.76 Å². The summed E-state index contributed by atoms with van der Waals surface area (Å²) in [5.74, 6) is 1.87. The van der Waals surface area contributed by atoms with E-state index in [4.69, 9.17) is 9.26 Å². The van der Waals surface area contributed by atoms with Gasteiger partial charge in [-0.1, -0.05) is 19.0 Å². The monoisotopic (exact) mass is 446 g/mol. The molecule has 0 amide bonds. The molecular weight excluding hydrogens is 428 g/mol. The van der Waals surface area contributed by atoms with Crippen LogP contribution in [0.25, 0.3) is 11.4 Å². The number of pyridine rings is 1. The second-order valence-corrected chi connectivity index (χ2v) is 9.48. The Morgan fingerprint density at radius 2 is 2.10 bits per heavy atom. The average molecular weight is 447 g/mol. The first-order chi connectivity index (χ1) is 14.3. The van der Waals surface area contributed by atoms with E-state index < -0.39 is 9.84 Å². The lowest BCUT2D eigenvalue weighted by Crippen LogP contribution is -2.20. The normalized spacial score (nSPS) is 14.3. The molecule has 0 fully saturated rings. The molecule has 3 aromatic heterocycles. The smallest absolute Gasteiger partial charge is 0.328 e. The van der Waals surface area contributed by atoms with E-state index >= 15 is 0 Å². The van der Waals surface area contributed by atoms with Crippen LogP contribution in [0.1, 0.15) is 25.6 Å². The van der Waals surface area contributed by atoms with E-state index in [1.807, 2.05) is 24.8 Å². The Morgan fingerprint density at radius 1 is 1.27 bits per heavy atom. The van der Waals surface area contributed by atoms with E-state index in [-0.39, 0.29) is 10.9 Å². The lowest BCUT2D eigenvalue weighted by molar-refractivity contribution is 0.408. The predicted octanol–water partition coefficient (Wildman–Crippen LogP) is 2.81. The average Bonchev–Trinajstić information content (AvgIpc) is 3.38. The summed E-state index contributed by atoms with van der Waals surface area (Å²) in [6.07, 6.45) is 7.96. The highest BCUT2D eigenvalue weighted by Crippen LogP contribution is 2.26. The number of rotatable bonds is 6. The van der Waals surface area contributed by atoms with E-state index in [1.165, 1.54) is 12.3 Å². The lowest BCUT2D eigenvalue weighted by atomic mass is 10.2. The highest BCUT2D eigenvalue weighted by molar-refractivity contribution is 7.90. The van der Waals surface area contributed by atoms with Gasteiger partial charge < -0.3 is 9.26 Å². The number of sulfone groups is 1. The molecule has 0 aliphatic carbocycles. The van der Waals surface area contributed by atoms with Gasteiger partial charge in [-0.05, 0) is 24.3 Å². The van der Waals surface area contributed by atoms with Gasteiger partial charge >= 0.3 is 6.01 Å². The number of ether oxygens (including phenoxy) is 1. The molecular formula is C18H18N6O4S2. The second-order valence-electron chi connectivity index (χ2n) is 6.81. The van der Waals surface area contributed by atoms with Gasteiger partial charge in [0.2, 0.25) is 0 Å². The van der Waals surface area contributed by atoms with Crippen molar-refractivity contribution in [1.29, 1.82) is 0 Å². The third-order valence-electron chi connectivity index (χ3n) is 4.09. The van der Waals surface area contributed by atoms with E-state index in [0.717, 1.165) is 17.8 Å². The molecule has 0 bridgehead atoms. The van der Waals surface area contributed by atoms with Crippen molar-refractivity contribution in [2.24, 2.45) is 0 Å². The first-order valence-electron chi connectivity index (χ1n) is 8.96. The largest absolute Gasteiger partial charge is 0.430 e. The summed E-state index contributed by atoms with van der Waals surface area (Å²) in [7, 11) is -3.35. The Labute approximate surface area is 177 Å². The van der Waals surface area contributed by atoms with E-state index in [1.54, 1.807) is 18.3 Å². The molecule has 0 unspecified atom stereocenters. The first kappa shape index (κ1) is 20.2. The Bertz CT molecular complexity index is 1210. The molecule has 12 heteroatoms. The maximum absolute atomic E-state index is 11.5. The van der Waals surface area contributed by atoms with Crippen LogP contribution in [0.3, 0.4) is 0 Å². The third-order valence-corrected chi connectivity index (χ3v) is 5.68. The molecule has 0 radical (unpaired) electrons. The summed E-state index contributed by atoms with van der Waals surface area (Å²) >= 11 is 1.09. The Kier molecular flexibility index (Phi) is 5.35. The van der Waals surface area contributed by atoms with Gasteiger partial charge in [-0.2, -0.15) is 14.3 Å². The zero-order chi connectivity index (χ0) is 21.3. The van der Waals surface area contributed by atoms with Gasteiger partial charge in [0.05, 0.1) is 0 Å². The Hall–Kier alpha value is -3.12. The van der Waals surface area contributed by atoms with Crippen molar-refractivity contribution in [2.45, 2.75) is 24.8 Å². The Morgan fingerprint density at radius 3 is 2.70 bits per heavy atom. The zero-order valence-corrected chi connectivity index (χ0v) is 18.0. The highest BCUT2D eigenvalue weighted by atomic mass is 32.2. The summed E-state index contributed by atoms with van der Waals surface area (Å²) in [5.41, 5.74) is 0.602. The van der Waals surface area contributed by atoms with Crippen molar-refractivity contribution < 1.29 is 17.7 Å². The molecule has 10 nitrogen and oxygen atoms in total. The molecule has 0 saturated carbocycles. The molecule has 0 N–H and O–H groups in total. The van der Waals surface area contributed by atoms with Gasteiger partial charge in [-0.25, -0.2) is 13.4 Å². The van der Waals surface area contributed by atoms with Crippen LogP contribution >= 0.6 is 11.5 Å². The fraction of sp³-hybridized carbons (Fsp3) is 0.278. The molecule has 0 spiro atoms. The number of hydrogen-bond donors (Lipinski definition) is 0. The van der Waals surface area contributed by atoms with Gasteiger partial charge in [0, 0.05) is 48.2 Å². The SMILES string of the molecule is CC(C)c1noc(N2C=CC(Oc3nc(-c4ccc(S(C)(=O)=O)nc4)ns3)=CC2)n1. The molecule has 0 saturated heterocycles. The zero-order valence-electron chi connectivity index (χ0n) is 16.4. The summed E-state index contributed by atoms with van der Waals surface area (Å²) < 4.78 is 38.3. The van der Waals surface area contributed by atoms with Crippen LogP contribution in [0.2, 0.25) is 0 Å². The van der Waals surface area contributed by atoms with Crippen molar-refractivity contribution in [3.8, 4) is 16.6 Å². The fourth-order valence-electron chi connectivity index (χ4n) is 2.48. The molecule has 3 aromatic rings. The molecule has 4 rings (SSSR count). The molecule has 0 atom stereocenters. The van der Waals surface area contributed by atoms with Crippen LogP contribution in [0.5, 0.6) is 5.19 Å². The minimum absolute atomic E-state index is 0.00164. The predicted molar refractivity (Wildman–Crippen MR) is 110 cm³/mol. The van der Waals surface area contributed by atoms with Crippen LogP contribution in [-0.2, 0) is 9.84 Å². The van der Waals surface area contributed by atoms with Gasteiger partial charge in [-0.3, -0.25) is 4.90 Å². The van der Waals surface area contributed by atoms with Gasteiger partial charge in [-0.15, -0.1) is 0 Å². The minimum atomic E-state index is -3.35. The molecule has 0 aromatic carbocycles. The van der Waals surface area contributed by atoms with E-state index in [2.05, 4.69) is 24.5 Å². The maximum Gasteiger partial charge on any atom is 0.328 e. The second kappa shape index (κ2) is 7.95. The molecule has 30 heavy (non-hydrogen) atoms. The fourth-order valence-corrected chi connectivity index (χ4v) is 3.61. The quantitative estimate of drug-likeness (QED) is 0.558. The number of aromatic nitrogens is 5. The lowest BCUT2D eigenvalue weighted by Gasteiger charge is -2.17. The minimum Gasteiger partial charge on any atom is -0.430 e. The summed E-state index contributed by atoms with van der Waals surface area (Å²) in [6.45, 7) is 4.51. The molecule has 4 heterocycles.